The molecule has 1 rings (SSSR count). The molecule has 0 aliphatic carbocycles. The molecule has 1 aromatic carbocycles. The van der Waals surface area contributed by atoms with E-state index in [9.17, 15) is 14.4 Å². The number of nitrogens with one attached hydrogen (secondary N) is 1. The second-order valence-electron chi connectivity index (χ2n) is 5.65. The Hall–Kier alpha value is -2.77. The summed E-state index contributed by atoms with van der Waals surface area (Å²) in [5.74, 6) is -0.670. The lowest BCUT2D eigenvalue weighted by Crippen LogP contribution is -2.44. The molecule has 1 aromatic rings. The number of nitrogens with two attached hydrogens (primary N) is 1. The van der Waals surface area contributed by atoms with Gasteiger partial charge in [0.05, 0.1) is 19.2 Å². The number of nitrogens with zero attached hydrogens (tertiary/aromatic N) is 1. The van der Waals surface area contributed by atoms with Crippen LogP contribution < -0.4 is 20.5 Å². The van der Waals surface area contributed by atoms with E-state index in [4.69, 9.17) is 15.2 Å². The summed E-state index contributed by atoms with van der Waals surface area (Å²) in [6.07, 6.45) is 0. The minimum absolute atomic E-state index is 0.00698. The molecular weight excluding hydrogens is 326 g/mol. The molecule has 25 heavy (non-hydrogen) atoms. The normalized spacial score (nSPS) is 10.3. The predicted molar refractivity (Wildman–Crippen MR) is 92.5 cm³/mol. The first-order valence-corrected chi connectivity index (χ1v) is 7.96. The first-order chi connectivity index (χ1) is 11.8. The van der Waals surface area contributed by atoms with Crippen LogP contribution in [0.15, 0.2) is 18.2 Å². The largest absolute Gasteiger partial charge is 0.497 e. The molecule has 0 saturated carbocycles. The second-order valence-corrected chi connectivity index (χ2v) is 5.65. The van der Waals surface area contributed by atoms with Crippen LogP contribution in [0.1, 0.15) is 31.1 Å². The summed E-state index contributed by atoms with van der Waals surface area (Å²) in [5, 5.41) is 2.72. The van der Waals surface area contributed by atoms with Crippen molar-refractivity contribution >= 4 is 17.7 Å². The SMILES string of the molecule is CCN(CC(=O)NC(C)C)C(=O)COc1cc(OC)ccc1C(N)=O. The van der Waals surface area contributed by atoms with Gasteiger partial charge in [0.15, 0.2) is 6.61 Å². The number of likely N-dealkylation sites (N-methyl/N-ethyl adjacent to an activating group) is 1. The van der Waals surface area contributed by atoms with Crippen molar-refractivity contribution in [3.05, 3.63) is 23.8 Å². The van der Waals surface area contributed by atoms with Crippen molar-refractivity contribution in [3.63, 3.8) is 0 Å². The number of carbonyl (C=O) groups is 3. The first-order valence-electron chi connectivity index (χ1n) is 7.96. The molecule has 8 heteroatoms. The number of methoxy groups -OCH3 is 1. The van der Waals surface area contributed by atoms with Crippen LogP contribution in [0.2, 0.25) is 0 Å². The molecule has 8 nitrogen and oxygen atoms in total. The smallest absolute Gasteiger partial charge is 0.260 e. The summed E-state index contributed by atoms with van der Waals surface area (Å²) in [5.41, 5.74) is 5.45. The van der Waals surface area contributed by atoms with E-state index in [1.54, 1.807) is 13.0 Å². The van der Waals surface area contributed by atoms with E-state index in [1.807, 2.05) is 13.8 Å². The monoisotopic (exact) mass is 351 g/mol. The van der Waals surface area contributed by atoms with Gasteiger partial charge in [-0.3, -0.25) is 14.4 Å². The van der Waals surface area contributed by atoms with Gasteiger partial charge in [-0.05, 0) is 32.9 Å². The number of rotatable bonds is 9. The summed E-state index contributed by atoms with van der Waals surface area (Å²) in [6, 6.07) is 4.51. The van der Waals surface area contributed by atoms with Gasteiger partial charge in [0, 0.05) is 18.7 Å². The summed E-state index contributed by atoms with van der Waals surface area (Å²) in [4.78, 5) is 36.9. The highest BCUT2D eigenvalue weighted by atomic mass is 16.5. The number of primary amides is 1. The Morgan fingerprint density at radius 3 is 2.48 bits per heavy atom. The summed E-state index contributed by atoms with van der Waals surface area (Å²) >= 11 is 0. The average Bonchev–Trinajstić information content (AvgIpc) is 2.56. The molecule has 0 atom stereocenters. The second kappa shape index (κ2) is 9.51. The summed E-state index contributed by atoms with van der Waals surface area (Å²) in [6.45, 7) is 5.42. The summed E-state index contributed by atoms with van der Waals surface area (Å²) in [7, 11) is 1.47. The molecule has 0 radical (unpaired) electrons. The molecule has 0 aliphatic heterocycles. The van der Waals surface area contributed by atoms with Crippen molar-refractivity contribution in [2.75, 3.05) is 26.8 Å². The fourth-order valence-electron chi connectivity index (χ4n) is 2.10. The van der Waals surface area contributed by atoms with Gasteiger partial charge in [-0.2, -0.15) is 0 Å². The molecule has 3 N–H and O–H groups in total. The van der Waals surface area contributed by atoms with E-state index in [1.165, 1.54) is 24.1 Å². The van der Waals surface area contributed by atoms with Gasteiger partial charge in [0.1, 0.15) is 11.5 Å². The maximum absolute atomic E-state index is 12.3. The molecule has 0 fully saturated rings. The van der Waals surface area contributed by atoms with Crippen LogP contribution in [0.5, 0.6) is 11.5 Å². The van der Waals surface area contributed by atoms with Crippen LogP contribution in [-0.2, 0) is 9.59 Å². The van der Waals surface area contributed by atoms with Gasteiger partial charge < -0.3 is 25.4 Å². The lowest BCUT2D eigenvalue weighted by atomic mass is 10.2. The zero-order valence-electron chi connectivity index (χ0n) is 15.0. The van der Waals surface area contributed by atoms with Crippen molar-refractivity contribution in [1.82, 2.24) is 10.2 Å². The highest BCUT2D eigenvalue weighted by molar-refractivity contribution is 5.96. The number of benzene rings is 1. The number of carbonyl (C=O) groups excluding carboxylic acids is 3. The third kappa shape index (κ3) is 6.33. The topological polar surface area (TPSA) is 111 Å². The van der Waals surface area contributed by atoms with Crippen molar-refractivity contribution in [1.29, 1.82) is 0 Å². The zero-order chi connectivity index (χ0) is 19.0. The van der Waals surface area contributed by atoms with Gasteiger partial charge >= 0.3 is 0 Å². The third-order valence-electron chi connectivity index (χ3n) is 3.32. The lowest BCUT2D eigenvalue weighted by Gasteiger charge is -2.21. The molecule has 0 bridgehead atoms. The molecular formula is C17H25N3O5. The molecule has 0 aliphatic rings. The van der Waals surface area contributed by atoms with Gasteiger partial charge in [-0.25, -0.2) is 0 Å². The van der Waals surface area contributed by atoms with Crippen molar-refractivity contribution < 1.29 is 23.9 Å². The standard InChI is InChI=1S/C17H25N3O5/c1-5-20(9-15(21)19-11(2)3)16(22)10-25-14-8-12(24-4)6-7-13(14)17(18)23/h6-8,11H,5,9-10H2,1-4H3,(H2,18,23)(H,19,21). The van der Waals surface area contributed by atoms with Crippen LogP contribution in [-0.4, -0.2) is 55.5 Å². The number of ether oxygens (including phenoxy) is 2. The van der Waals surface area contributed by atoms with Crippen molar-refractivity contribution in [2.45, 2.75) is 26.8 Å². The highest BCUT2D eigenvalue weighted by Gasteiger charge is 2.18. The van der Waals surface area contributed by atoms with E-state index >= 15 is 0 Å². The Morgan fingerprint density at radius 2 is 1.96 bits per heavy atom. The maximum atomic E-state index is 12.3. The number of hydrogen-bond donors (Lipinski definition) is 2. The highest BCUT2D eigenvalue weighted by Crippen LogP contribution is 2.24. The molecule has 138 valence electrons. The Bertz CT molecular complexity index is 631. The third-order valence-corrected chi connectivity index (χ3v) is 3.32. The maximum Gasteiger partial charge on any atom is 0.260 e. The van der Waals surface area contributed by atoms with E-state index < -0.39 is 5.91 Å². The van der Waals surface area contributed by atoms with Crippen LogP contribution in [0, 0.1) is 0 Å². The fraction of sp³-hybridized carbons (Fsp3) is 0.471. The molecule has 0 aromatic heterocycles. The molecule has 3 amide bonds. The molecule has 0 heterocycles. The quantitative estimate of drug-likeness (QED) is 0.675. The van der Waals surface area contributed by atoms with E-state index in [-0.39, 0.29) is 42.3 Å². The van der Waals surface area contributed by atoms with Crippen LogP contribution in [0.3, 0.4) is 0 Å². The Balaban J connectivity index is 2.76. The van der Waals surface area contributed by atoms with Crippen LogP contribution in [0.25, 0.3) is 0 Å². The van der Waals surface area contributed by atoms with Gasteiger partial charge in [-0.1, -0.05) is 0 Å². The molecule has 0 spiro atoms. The number of hydrogen-bond acceptors (Lipinski definition) is 5. The van der Waals surface area contributed by atoms with Crippen molar-refractivity contribution in [2.24, 2.45) is 5.73 Å². The minimum Gasteiger partial charge on any atom is -0.497 e. The minimum atomic E-state index is -0.672. The molecule has 0 saturated heterocycles. The number of amides is 3. The van der Waals surface area contributed by atoms with Crippen LogP contribution >= 0.6 is 0 Å². The van der Waals surface area contributed by atoms with Crippen LogP contribution in [0.4, 0.5) is 0 Å². The fourth-order valence-corrected chi connectivity index (χ4v) is 2.10. The first kappa shape index (κ1) is 20.3. The Labute approximate surface area is 147 Å². The van der Waals surface area contributed by atoms with Gasteiger partial charge in [-0.15, -0.1) is 0 Å². The lowest BCUT2D eigenvalue weighted by molar-refractivity contribution is -0.137. The van der Waals surface area contributed by atoms with E-state index in [0.29, 0.717) is 12.3 Å². The average molecular weight is 351 g/mol. The van der Waals surface area contributed by atoms with Crippen molar-refractivity contribution in [3.8, 4) is 11.5 Å². The Kier molecular flexibility index (Phi) is 7.71. The van der Waals surface area contributed by atoms with E-state index in [0.717, 1.165) is 0 Å². The Morgan fingerprint density at radius 1 is 1.28 bits per heavy atom. The van der Waals surface area contributed by atoms with E-state index in [2.05, 4.69) is 5.32 Å². The molecule has 0 unspecified atom stereocenters. The summed E-state index contributed by atoms with van der Waals surface area (Å²) < 4.78 is 10.5. The predicted octanol–water partition coefficient (Wildman–Crippen LogP) is 0.546. The van der Waals surface area contributed by atoms with Gasteiger partial charge in [0.2, 0.25) is 5.91 Å². The zero-order valence-corrected chi connectivity index (χ0v) is 15.0. The van der Waals surface area contributed by atoms with Gasteiger partial charge in [0.25, 0.3) is 11.8 Å².